The van der Waals surface area contributed by atoms with Gasteiger partial charge in [-0.15, -0.1) is 0 Å². The highest BCUT2D eigenvalue weighted by Gasteiger charge is 2.22. The largest absolute Gasteiger partial charge is 0.316 e. The highest BCUT2D eigenvalue weighted by molar-refractivity contribution is 7.98. The van der Waals surface area contributed by atoms with Gasteiger partial charge in [0.25, 0.3) is 5.91 Å². The van der Waals surface area contributed by atoms with Crippen LogP contribution in [0.3, 0.4) is 0 Å². The number of carbonyl (C=O) groups is 1. The van der Waals surface area contributed by atoms with Crippen LogP contribution in [0.4, 0.5) is 4.39 Å². The first-order chi connectivity index (χ1) is 14.7. The van der Waals surface area contributed by atoms with Gasteiger partial charge in [-0.3, -0.25) is 4.79 Å². The van der Waals surface area contributed by atoms with Gasteiger partial charge in [0.15, 0.2) is 4.80 Å². The Kier molecular flexibility index (Phi) is 6.45. The van der Waals surface area contributed by atoms with E-state index in [2.05, 4.69) is 4.99 Å². The molecule has 4 aromatic rings. The molecule has 0 saturated heterocycles. The van der Waals surface area contributed by atoms with Crippen LogP contribution >= 0.6 is 23.1 Å². The zero-order valence-corrected chi connectivity index (χ0v) is 18.1. The fourth-order valence-electron chi connectivity index (χ4n) is 3.46. The molecule has 6 heteroatoms. The maximum atomic E-state index is 13.8. The number of benzene rings is 3. The van der Waals surface area contributed by atoms with Crippen LogP contribution in [-0.4, -0.2) is 22.5 Å². The lowest BCUT2D eigenvalue weighted by Crippen LogP contribution is -2.21. The van der Waals surface area contributed by atoms with Crippen molar-refractivity contribution in [3.8, 4) is 0 Å². The minimum absolute atomic E-state index is 0.225. The standard InChI is InChI=1S/C24H21FN2OS2/c1-29-15-14-27-20-13-12-19(25)16-21(20)30-24(27)26-23(28)22(17-8-4-2-5-9-17)18-10-6-3-7-11-18/h2-13,16,22H,14-15H2,1H3. The predicted octanol–water partition coefficient (Wildman–Crippen LogP) is 5.46. The topological polar surface area (TPSA) is 34.4 Å². The van der Waals surface area contributed by atoms with E-state index in [1.165, 1.54) is 23.5 Å². The number of nitrogens with zero attached hydrogens (tertiary/aromatic N) is 2. The summed E-state index contributed by atoms with van der Waals surface area (Å²) in [6, 6.07) is 24.1. The first-order valence-electron chi connectivity index (χ1n) is 9.63. The lowest BCUT2D eigenvalue weighted by molar-refractivity contribution is -0.118. The first kappa shape index (κ1) is 20.6. The van der Waals surface area contributed by atoms with E-state index in [9.17, 15) is 9.18 Å². The van der Waals surface area contributed by atoms with Crippen LogP contribution < -0.4 is 4.80 Å². The van der Waals surface area contributed by atoms with Crippen molar-refractivity contribution >= 4 is 39.2 Å². The summed E-state index contributed by atoms with van der Waals surface area (Å²) in [4.78, 5) is 18.6. The molecule has 0 fully saturated rings. The molecule has 3 aromatic carbocycles. The zero-order valence-electron chi connectivity index (χ0n) is 16.5. The molecule has 0 spiro atoms. The van der Waals surface area contributed by atoms with Crippen molar-refractivity contribution < 1.29 is 9.18 Å². The summed E-state index contributed by atoms with van der Waals surface area (Å²) >= 11 is 3.07. The maximum Gasteiger partial charge on any atom is 0.260 e. The normalized spacial score (nSPS) is 12.0. The number of fused-ring (bicyclic) bond motifs is 1. The summed E-state index contributed by atoms with van der Waals surface area (Å²) in [6.45, 7) is 0.709. The van der Waals surface area contributed by atoms with Crippen molar-refractivity contribution in [2.75, 3.05) is 12.0 Å². The summed E-state index contributed by atoms with van der Waals surface area (Å²) in [7, 11) is 0. The molecule has 152 valence electrons. The van der Waals surface area contributed by atoms with Gasteiger partial charge in [-0.1, -0.05) is 72.0 Å². The van der Waals surface area contributed by atoms with Crippen molar-refractivity contribution in [3.63, 3.8) is 0 Å². The lowest BCUT2D eigenvalue weighted by atomic mass is 9.91. The van der Waals surface area contributed by atoms with E-state index in [4.69, 9.17) is 0 Å². The molecule has 0 aliphatic rings. The molecule has 4 rings (SSSR count). The fourth-order valence-corrected chi connectivity index (χ4v) is 4.91. The number of aromatic nitrogens is 1. The molecule has 0 aliphatic heterocycles. The number of aryl methyl sites for hydroxylation is 1. The molecule has 0 bridgehead atoms. The van der Waals surface area contributed by atoms with Gasteiger partial charge in [0.1, 0.15) is 5.82 Å². The molecule has 0 N–H and O–H groups in total. The molecule has 0 saturated carbocycles. The lowest BCUT2D eigenvalue weighted by Gasteiger charge is -2.14. The second kappa shape index (κ2) is 9.41. The molecule has 0 radical (unpaired) electrons. The van der Waals surface area contributed by atoms with Crippen molar-refractivity contribution in [1.29, 1.82) is 0 Å². The Balaban J connectivity index is 1.84. The minimum atomic E-state index is -0.483. The quantitative estimate of drug-likeness (QED) is 0.402. The number of amides is 1. The van der Waals surface area contributed by atoms with Gasteiger partial charge in [0.05, 0.1) is 16.1 Å². The fraction of sp³-hybridized carbons (Fsp3) is 0.167. The van der Waals surface area contributed by atoms with Crippen LogP contribution in [0.25, 0.3) is 10.2 Å². The molecule has 3 nitrogen and oxygen atoms in total. The number of hydrogen-bond acceptors (Lipinski definition) is 3. The maximum absolute atomic E-state index is 13.8. The van der Waals surface area contributed by atoms with E-state index in [1.54, 1.807) is 17.8 Å². The third-order valence-electron chi connectivity index (χ3n) is 4.88. The predicted molar refractivity (Wildman–Crippen MR) is 123 cm³/mol. The van der Waals surface area contributed by atoms with Crippen LogP contribution in [0.1, 0.15) is 17.0 Å². The van der Waals surface area contributed by atoms with Crippen LogP contribution in [0.2, 0.25) is 0 Å². The van der Waals surface area contributed by atoms with E-state index < -0.39 is 5.92 Å². The molecule has 0 atom stereocenters. The zero-order chi connectivity index (χ0) is 20.9. The van der Waals surface area contributed by atoms with E-state index in [-0.39, 0.29) is 11.7 Å². The Morgan fingerprint density at radius 2 is 1.67 bits per heavy atom. The van der Waals surface area contributed by atoms with Crippen molar-refractivity contribution in [2.24, 2.45) is 4.99 Å². The van der Waals surface area contributed by atoms with Crippen LogP contribution in [-0.2, 0) is 11.3 Å². The van der Waals surface area contributed by atoms with E-state index in [0.29, 0.717) is 11.3 Å². The number of rotatable bonds is 6. The molecule has 1 aromatic heterocycles. The molecule has 1 amide bonds. The average Bonchev–Trinajstić information content (AvgIpc) is 3.09. The number of halogens is 1. The smallest absolute Gasteiger partial charge is 0.260 e. The Labute approximate surface area is 182 Å². The Bertz CT molecular complexity index is 1180. The Morgan fingerprint density at radius 3 is 2.27 bits per heavy atom. The molecule has 30 heavy (non-hydrogen) atoms. The molecular weight excluding hydrogens is 415 g/mol. The van der Waals surface area contributed by atoms with Crippen molar-refractivity contribution in [1.82, 2.24) is 4.57 Å². The summed E-state index contributed by atoms with van der Waals surface area (Å²) in [6.07, 6.45) is 2.04. The molecule has 0 aliphatic carbocycles. The van der Waals surface area contributed by atoms with E-state index in [1.807, 2.05) is 71.5 Å². The Morgan fingerprint density at radius 1 is 1.03 bits per heavy atom. The third-order valence-corrected chi connectivity index (χ3v) is 6.51. The van der Waals surface area contributed by atoms with Gasteiger partial charge >= 0.3 is 0 Å². The summed E-state index contributed by atoms with van der Waals surface area (Å²) < 4.78 is 16.6. The second-order valence-electron chi connectivity index (χ2n) is 6.85. The van der Waals surface area contributed by atoms with Gasteiger partial charge in [-0.25, -0.2) is 4.39 Å². The molecule has 1 heterocycles. The van der Waals surface area contributed by atoms with Gasteiger partial charge < -0.3 is 4.57 Å². The van der Waals surface area contributed by atoms with Gasteiger partial charge in [-0.05, 0) is 35.6 Å². The summed E-state index contributed by atoms with van der Waals surface area (Å²) in [5.74, 6) is -0.114. The van der Waals surface area contributed by atoms with Crippen LogP contribution in [0, 0.1) is 5.82 Å². The second-order valence-corrected chi connectivity index (χ2v) is 8.84. The van der Waals surface area contributed by atoms with E-state index in [0.717, 1.165) is 27.1 Å². The summed E-state index contributed by atoms with van der Waals surface area (Å²) in [5.41, 5.74) is 2.71. The van der Waals surface area contributed by atoms with Crippen LogP contribution in [0.5, 0.6) is 0 Å². The highest BCUT2D eigenvalue weighted by Crippen LogP contribution is 2.26. The molecule has 0 unspecified atom stereocenters. The average molecular weight is 437 g/mol. The van der Waals surface area contributed by atoms with Gasteiger partial charge in [0.2, 0.25) is 0 Å². The summed E-state index contributed by atoms with van der Waals surface area (Å²) in [5, 5.41) is 0. The van der Waals surface area contributed by atoms with Gasteiger partial charge in [-0.2, -0.15) is 16.8 Å². The van der Waals surface area contributed by atoms with Crippen LogP contribution in [0.15, 0.2) is 83.9 Å². The minimum Gasteiger partial charge on any atom is -0.316 e. The third kappa shape index (κ3) is 4.40. The number of thiazole rings is 1. The molecular formula is C24H21FN2OS2. The van der Waals surface area contributed by atoms with Crippen molar-refractivity contribution in [3.05, 3.63) is 101 Å². The SMILES string of the molecule is CSCCn1c(=NC(=O)C(c2ccccc2)c2ccccc2)sc2cc(F)ccc21. The number of thioether (sulfide) groups is 1. The first-order valence-corrected chi connectivity index (χ1v) is 11.8. The number of carbonyl (C=O) groups excluding carboxylic acids is 1. The monoisotopic (exact) mass is 436 g/mol. The van der Waals surface area contributed by atoms with Crippen molar-refractivity contribution in [2.45, 2.75) is 12.5 Å². The highest BCUT2D eigenvalue weighted by atomic mass is 32.2. The van der Waals surface area contributed by atoms with Gasteiger partial charge in [0, 0.05) is 12.3 Å². The number of hydrogen-bond donors (Lipinski definition) is 0. The Hall–Kier alpha value is -2.70. The van der Waals surface area contributed by atoms with E-state index >= 15 is 0 Å².